The van der Waals surface area contributed by atoms with Crippen LogP contribution in [0.3, 0.4) is 0 Å². The van der Waals surface area contributed by atoms with Crippen LogP contribution in [-0.2, 0) is 12.6 Å². The summed E-state index contributed by atoms with van der Waals surface area (Å²) in [6.07, 6.45) is -1.98. The first-order valence-corrected chi connectivity index (χ1v) is 9.52. The van der Waals surface area contributed by atoms with Crippen LogP contribution in [0.5, 0.6) is 11.5 Å². The van der Waals surface area contributed by atoms with E-state index < -0.39 is 17.3 Å². The Balaban J connectivity index is 1.86. The van der Waals surface area contributed by atoms with E-state index in [9.17, 15) is 13.2 Å². The smallest absolute Gasteiger partial charge is 0.416 e. The maximum absolute atomic E-state index is 13.1. The van der Waals surface area contributed by atoms with E-state index in [1.54, 1.807) is 6.07 Å². The molecule has 2 aromatic carbocycles. The van der Waals surface area contributed by atoms with Crippen LogP contribution >= 0.6 is 0 Å². The molecule has 0 N–H and O–H groups in total. The van der Waals surface area contributed by atoms with Gasteiger partial charge in [0.05, 0.1) is 5.56 Å². The SMILES string of the molecule is CN(C)CCOc1ccc2c(c1)OC(C)(C)C=C2Cc1cccc(C(F)(F)F)c1. The van der Waals surface area contributed by atoms with E-state index in [-0.39, 0.29) is 0 Å². The first kappa shape index (κ1) is 21.2. The summed E-state index contributed by atoms with van der Waals surface area (Å²) >= 11 is 0. The van der Waals surface area contributed by atoms with Gasteiger partial charge in [0.25, 0.3) is 0 Å². The van der Waals surface area contributed by atoms with Gasteiger partial charge in [-0.2, -0.15) is 13.2 Å². The molecule has 2 aromatic rings. The highest BCUT2D eigenvalue weighted by Gasteiger charge is 2.31. The second-order valence-electron chi connectivity index (χ2n) is 8.06. The van der Waals surface area contributed by atoms with Crippen molar-refractivity contribution < 1.29 is 22.6 Å². The number of allylic oxidation sites excluding steroid dienone is 1. The summed E-state index contributed by atoms with van der Waals surface area (Å²) in [5, 5.41) is 0. The molecule has 1 aliphatic rings. The van der Waals surface area contributed by atoms with Crippen molar-refractivity contribution in [3.63, 3.8) is 0 Å². The molecule has 0 amide bonds. The highest BCUT2D eigenvalue weighted by Crippen LogP contribution is 2.40. The van der Waals surface area contributed by atoms with Crippen LogP contribution in [0.4, 0.5) is 13.2 Å². The van der Waals surface area contributed by atoms with Gasteiger partial charge in [-0.05, 0) is 69.8 Å². The molecule has 0 fully saturated rings. The molecule has 0 aromatic heterocycles. The van der Waals surface area contributed by atoms with Crippen molar-refractivity contribution in [1.29, 1.82) is 0 Å². The molecule has 0 spiro atoms. The lowest BCUT2D eigenvalue weighted by Crippen LogP contribution is -2.29. The molecule has 0 atom stereocenters. The molecule has 0 saturated carbocycles. The van der Waals surface area contributed by atoms with Crippen molar-refractivity contribution in [2.75, 3.05) is 27.2 Å². The van der Waals surface area contributed by atoms with Gasteiger partial charge in [-0.15, -0.1) is 0 Å². The third-order valence-corrected chi connectivity index (χ3v) is 4.65. The first-order valence-electron chi connectivity index (χ1n) is 9.52. The zero-order valence-electron chi connectivity index (χ0n) is 17.1. The Morgan fingerprint density at radius 2 is 1.83 bits per heavy atom. The second-order valence-corrected chi connectivity index (χ2v) is 8.06. The molecule has 3 rings (SSSR count). The Hall–Kier alpha value is -2.47. The van der Waals surface area contributed by atoms with E-state index in [1.165, 1.54) is 12.1 Å². The molecular formula is C23H26F3NO2. The van der Waals surface area contributed by atoms with E-state index in [0.717, 1.165) is 23.7 Å². The topological polar surface area (TPSA) is 21.7 Å². The molecule has 6 heteroatoms. The fourth-order valence-corrected chi connectivity index (χ4v) is 3.32. The van der Waals surface area contributed by atoms with Gasteiger partial charge >= 0.3 is 6.18 Å². The Morgan fingerprint density at radius 1 is 1.07 bits per heavy atom. The molecule has 1 aliphatic heterocycles. The molecule has 0 radical (unpaired) electrons. The van der Waals surface area contributed by atoms with Crippen LogP contribution in [0.2, 0.25) is 0 Å². The van der Waals surface area contributed by atoms with Crippen molar-refractivity contribution in [3.05, 3.63) is 65.2 Å². The number of likely N-dealkylation sites (N-methyl/N-ethyl adjacent to an activating group) is 1. The van der Waals surface area contributed by atoms with Crippen LogP contribution in [0.15, 0.2) is 48.5 Å². The third-order valence-electron chi connectivity index (χ3n) is 4.65. The van der Waals surface area contributed by atoms with Gasteiger partial charge in [-0.1, -0.05) is 18.2 Å². The fourth-order valence-electron chi connectivity index (χ4n) is 3.32. The van der Waals surface area contributed by atoms with Gasteiger partial charge in [-0.3, -0.25) is 0 Å². The van der Waals surface area contributed by atoms with E-state index in [1.807, 2.05) is 57.1 Å². The van der Waals surface area contributed by atoms with Gasteiger partial charge in [0.15, 0.2) is 0 Å². The van der Waals surface area contributed by atoms with E-state index in [4.69, 9.17) is 9.47 Å². The minimum atomic E-state index is -4.35. The largest absolute Gasteiger partial charge is 0.492 e. The zero-order chi connectivity index (χ0) is 21.2. The summed E-state index contributed by atoms with van der Waals surface area (Å²) in [7, 11) is 3.96. The van der Waals surface area contributed by atoms with E-state index in [0.29, 0.717) is 30.1 Å². The quantitative estimate of drug-likeness (QED) is 0.639. The number of rotatable bonds is 6. The molecule has 156 valence electrons. The Labute approximate surface area is 169 Å². The average Bonchev–Trinajstić information content (AvgIpc) is 2.59. The number of alkyl halides is 3. The lowest BCUT2D eigenvalue weighted by Gasteiger charge is -2.31. The maximum atomic E-state index is 13.1. The van der Waals surface area contributed by atoms with Crippen molar-refractivity contribution in [1.82, 2.24) is 4.90 Å². The number of halogens is 3. The second kappa shape index (κ2) is 8.11. The minimum absolute atomic E-state index is 0.393. The predicted octanol–water partition coefficient (Wildman–Crippen LogP) is 5.44. The predicted molar refractivity (Wildman–Crippen MR) is 108 cm³/mol. The Bertz CT molecular complexity index is 901. The number of hydrogen-bond donors (Lipinski definition) is 0. The fraction of sp³-hybridized carbons (Fsp3) is 0.391. The van der Waals surface area contributed by atoms with Crippen LogP contribution < -0.4 is 9.47 Å². The molecular weight excluding hydrogens is 379 g/mol. The molecule has 0 saturated heterocycles. The van der Waals surface area contributed by atoms with Crippen LogP contribution in [0, 0.1) is 0 Å². The van der Waals surface area contributed by atoms with Crippen molar-refractivity contribution in [2.24, 2.45) is 0 Å². The van der Waals surface area contributed by atoms with Crippen molar-refractivity contribution in [2.45, 2.75) is 32.0 Å². The van der Waals surface area contributed by atoms with E-state index in [2.05, 4.69) is 0 Å². The standard InChI is InChI=1S/C23H26F3NO2/c1-22(2)15-17(12-16-6-5-7-18(13-16)23(24,25)26)20-9-8-19(14-21(20)29-22)28-11-10-27(3)4/h5-9,13-15H,10-12H2,1-4H3. The summed E-state index contributed by atoms with van der Waals surface area (Å²) in [6.45, 7) is 5.22. The van der Waals surface area contributed by atoms with Crippen LogP contribution in [0.25, 0.3) is 5.57 Å². The minimum Gasteiger partial charge on any atom is -0.492 e. The number of ether oxygens (including phenoxy) is 2. The lowest BCUT2D eigenvalue weighted by molar-refractivity contribution is -0.137. The Morgan fingerprint density at radius 3 is 2.52 bits per heavy atom. The zero-order valence-corrected chi connectivity index (χ0v) is 17.1. The number of nitrogens with zero attached hydrogens (tertiary/aromatic N) is 1. The summed E-state index contributed by atoms with van der Waals surface area (Å²) < 4.78 is 51.0. The van der Waals surface area contributed by atoms with Gasteiger partial charge in [0.2, 0.25) is 0 Å². The molecule has 0 unspecified atom stereocenters. The number of hydrogen-bond acceptors (Lipinski definition) is 3. The molecule has 29 heavy (non-hydrogen) atoms. The first-order chi connectivity index (χ1) is 13.5. The lowest BCUT2D eigenvalue weighted by atomic mass is 9.90. The monoisotopic (exact) mass is 405 g/mol. The number of fused-ring (bicyclic) bond motifs is 1. The summed E-state index contributed by atoms with van der Waals surface area (Å²) in [5.74, 6) is 1.39. The average molecular weight is 405 g/mol. The van der Waals surface area contributed by atoms with Crippen LogP contribution in [-0.4, -0.2) is 37.7 Å². The Kier molecular flexibility index (Phi) is 5.94. The van der Waals surface area contributed by atoms with Crippen LogP contribution in [0.1, 0.15) is 30.5 Å². The van der Waals surface area contributed by atoms with Crippen molar-refractivity contribution >= 4 is 5.57 Å². The van der Waals surface area contributed by atoms with Crippen molar-refractivity contribution in [3.8, 4) is 11.5 Å². The summed E-state index contributed by atoms with van der Waals surface area (Å²) in [5.41, 5.74) is 1.23. The molecule has 3 nitrogen and oxygen atoms in total. The third kappa shape index (κ3) is 5.54. The molecule has 1 heterocycles. The normalized spacial score (nSPS) is 15.5. The van der Waals surface area contributed by atoms with E-state index >= 15 is 0 Å². The summed E-state index contributed by atoms with van der Waals surface area (Å²) in [6, 6.07) is 11.1. The highest BCUT2D eigenvalue weighted by atomic mass is 19.4. The van der Waals surface area contributed by atoms with Gasteiger partial charge in [0.1, 0.15) is 23.7 Å². The van der Waals surface area contributed by atoms with Gasteiger partial charge < -0.3 is 14.4 Å². The van der Waals surface area contributed by atoms with Gasteiger partial charge in [0, 0.05) is 18.2 Å². The molecule has 0 aliphatic carbocycles. The highest BCUT2D eigenvalue weighted by molar-refractivity contribution is 5.75. The summed E-state index contributed by atoms with van der Waals surface area (Å²) in [4.78, 5) is 2.04. The van der Waals surface area contributed by atoms with Gasteiger partial charge in [-0.25, -0.2) is 0 Å². The maximum Gasteiger partial charge on any atom is 0.416 e. The number of benzene rings is 2. The molecule has 0 bridgehead atoms.